The van der Waals surface area contributed by atoms with Crippen LogP contribution in [-0.2, 0) is 5.41 Å². The lowest BCUT2D eigenvalue weighted by molar-refractivity contribution is 0.241. The summed E-state index contributed by atoms with van der Waals surface area (Å²) >= 11 is 0. The lowest BCUT2D eigenvalue weighted by Gasteiger charge is -2.32. The first-order valence-corrected chi connectivity index (χ1v) is 10.4. The highest BCUT2D eigenvalue weighted by Crippen LogP contribution is 2.53. The minimum Gasteiger partial charge on any atom is -0.356 e. The Morgan fingerprint density at radius 3 is 2.66 bits per heavy atom. The van der Waals surface area contributed by atoms with Crippen LogP contribution >= 0.6 is 0 Å². The Kier molecular flexibility index (Phi) is 4.94. The predicted octanol–water partition coefficient (Wildman–Crippen LogP) is 3.29. The van der Waals surface area contributed by atoms with Gasteiger partial charge in [-0.05, 0) is 43.6 Å². The Bertz CT molecular complexity index is 1050. The van der Waals surface area contributed by atoms with Crippen molar-refractivity contribution >= 4 is 17.0 Å². The van der Waals surface area contributed by atoms with E-state index in [0.29, 0.717) is 23.5 Å². The molecule has 1 fully saturated rings. The summed E-state index contributed by atoms with van der Waals surface area (Å²) < 4.78 is 0. The maximum atomic E-state index is 12.9. The Morgan fingerprint density at radius 1 is 1.31 bits per heavy atom. The van der Waals surface area contributed by atoms with Crippen molar-refractivity contribution in [1.82, 2.24) is 20.2 Å². The number of nitrogens with two attached hydrogens (primary N) is 1. The monoisotopic (exact) mass is 394 g/mol. The average molecular weight is 395 g/mol. The number of nitrogens with zero attached hydrogens (tertiary/aromatic N) is 2. The molecule has 1 aromatic carbocycles. The van der Waals surface area contributed by atoms with E-state index in [-0.39, 0.29) is 22.4 Å². The lowest BCUT2D eigenvalue weighted by atomic mass is 9.78. The molecule has 29 heavy (non-hydrogen) atoms. The number of aromatic nitrogens is 4. The molecule has 1 aliphatic carbocycles. The molecule has 0 radical (unpaired) electrons. The zero-order valence-corrected chi connectivity index (χ0v) is 17.4. The fourth-order valence-electron chi connectivity index (χ4n) is 4.12. The summed E-state index contributed by atoms with van der Waals surface area (Å²) in [4.78, 5) is 20.3. The van der Waals surface area contributed by atoms with Gasteiger partial charge in [-0.1, -0.05) is 44.2 Å². The summed E-state index contributed by atoms with van der Waals surface area (Å²) in [5, 5.41) is 11.3. The molecule has 2 heterocycles. The number of benzene rings is 1. The van der Waals surface area contributed by atoms with E-state index in [4.69, 9.17) is 5.73 Å². The van der Waals surface area contributed by atoms with Crippen molar-refractivity contribution in [2.24, 2.45) is 11.1 Å². The zero-order valence-electron chi connectivity index (χ0n) is 17.4. The molecule has 154 valence electrons. The van der Waals surface area contributed by atoms with Crippen LogP contribution in [0.5, 0.6) is 0 Å². The van der Waals surface area contributed by atoms with Gasteiger partial charge < -0.3 is 11.1 Å². The topological polar surface area (TPSA) is 112 Å². The van der Waals surface area contributed by atoms with Crippen LogP contribution in [0.4, 0.5) is 5.95 Å². The fraction of sp³-hybridized carbons (Fsp3) is 0.500. The lowest BCUT2D eigenvalue weighted by Crippen LogP contribution is -2.38. The molecular formula is C22H30N6O. The first kappa shape index (κ1) is 19.6. The molecule has 4 rings (SSSR count). The summed E-state index contributed by atoms with van der Waals surface area (Å²) in [5.74, 6) is 0.452. The summed E-state index contributed by atoms with van der Waals surface area (Å²) in [6.45, 7) is 7.07. The van der Waals surface area contributed by atoms with Crippen LogP contribution in [0, 0.1) is 5.41 Å². The van der Waals surface area contributed by atoms with E-state index < -0.39 is 0 Å². The molecule has 0 aliphatic heterocycles. The number of aromatic amines is 2. The van der Waals surface area contributed by atoms with Gasteiger partial charge in [-0.3, -0.25) is 14.9 Å². The molecule has 3 aromatic rings. The Hall–Kier alpha value is -2.67. The Balaban J connectivity index is 1.58. The third kappa shape index (κ3) is 3.44. The van der Waals surface area contributed by atoms with Gasteiger partial charge in [0.25, 0.3) is 5.56 Å². The molecule has 5 N–H and O–H groups in total. The highest BCUT2D eigenvalue weighted by molar-refractivity contribution is 5.80. The number of rotatable bonds is 8. The van der Waals surface area contributed by atoms with Crippen LogP contribution < -0.4 is 16.6 Å². The summed E-state index contributed by atoms with van der Waals surface area (Å²) in [7, 11) is 0. The maximum absolute atomic E-state index is 12.9. The molecule has 0 saturated heterocycles. The third-order valence-electron chi connectivity index (χ3n) is 6.87. The van der Waals surface area contributed by atoms with Gasteiger partial charge in [0, 0.05) is 18.0 Å². The van der Waals surface area contributed by atoms with E-state index >= 15 is 0 Å². The molecule has 7 nitrogen and oxygen atoms in total. The van der Waals surface area contributed by atoms with Crippen LogP contribution in [0.1, 0.15) is 57.7 Å². The van der Waals surface area contributed by atoms with Crippen molar-refractivity contribution in [1.29, 1.82) is 0 Å². The smallest absolute Gasteiger partial charge is 0.263 e. The number of hydrogen-bond donors (Lipinski definition) is 4. The van der Waals surface area contributed by atoms with Crippen LogP contribution in [-0.4, -0.2) is 32.8 Å². The molecule has 2 aromatic heterocycles. The molecule has 0 amide bonds. The van der Waals surface area contributed by atoms with Crippen molar-refractivity contribution in [2.75, 3.05) is 11.9 Å². The van der Waals surface area contributed by atoms with E-state index in [0.717, 1.165) is 31.4 Å². The van der Waals surface area contributed by atoms with Gasteiger partial charge in [0.05, 0.1) is 5.69 Å². The molecule has 1 saturated carbocycles. The van der Waals surface area contributed by atoms with Crippen LogP contribution in [0.15, 0.2) is 35.1 Å². The number of nitrogens with one attached hydrogen (secondary N) is 3. The molecule has 0 bridgehead atoms. The van der Waals surface area contributed by atoms with Crippen molar-refractivity contribution in [3.63, 3.8) is 0 Å². The fourth-order valence-corrected chi connectivity index (χ4v) is 4.12. The molecule has 1 unspecified atom stereocenters. The van der Waals surface area contributed by atoms with Gasteiger partial charge in [0.1, 0.15) is 5.39 Å². The van der Waals surface area contributed by atoms with E-state index in [9.17, 15) is 4.79 Å². The van der Waals surface area contributed by atoms with Crippen LogP contribution in [0.3, 0.4) is 0 Å². The number of anilines is 1. The second kappa shape index (κ2) is 7.30. The summed E-state index contributed by atoms with van der Waals surface area (Å²) in [6.07, 6.45) is 3.90. The summed E-state index contributed by atoms with van der Waals surface area (Å²) in [5.41, 5.74) is 8.41. The standard InChI is InChI=1S/C22H30N6O/c1-4-21(3,14(2)23)12-13-24-20-25-18-16(19(29)26-20)17(27-28-18)22(10-11-22)15-8-6-5-7-9-15/h5-9,14H,4,10-13,23H2,1-3H3,(H3,24,25,26,27,28,29)/t14-,21?/m1/s1. The van der Waals surface area contributed by atoms with Gasteiger partial charge in [-0.2, -0.15) is 10.1 Å². The minimum atomic E-state index is -0.158. The molecule has 2 atom stereocenters. The van der Waals surface area contributed by atoms with E-state index in [1.54, 1.807) is 0 Å². The number of hydrogen-bond acceptors (Lipinski definition) is 5. The summed E-state index contributed by atoms with van der Waals surface area (Å²) in [6, 6.07) is 10.4. The SMILES string of the molecule is CCC(C)(CCNc1nc2n[nH]c(C3(c4ccccc4)CC3)c2c(=O)[nH]1)[C@@H](C)N. The predicted molar refractivity (Wildman–Crippen MR) is 116 cm³/mol. The molecule has 1 aliphatic rings. The highest BCUT2D eigenvalue weighted by atomic mass is 16.1. The largest absolute Gasteiger partial charge is 0.356 e. The van der Waals surface area contributed by atoms with E-state index in [1.165, 1.54) is 5.56 Å². The van der Waals surface area contributed by atoms with Gasteiger partial charge in [-0.25, -0.2) is 0 Å². The maximum Gasteiger partial charge on any atom is 0.263 e. The van der Waals surface area contributed by atoms with Gasteiger partial charge in [0.2, 0.25) is 5.95 Å². The minimum absolute atomic E-state index is 0.0466. The van der Waals surface area contributed by atoms with Crippen molar-refractivity contribution in [2.45, 2.75) is 57.9 Å². The average Bonchev–Trinajstić information content (AvgIpc) is 3.41. The molecular weight excluding hydrogens is 364 g/mol. The second-order valence-electron chi connectivity index (χ2n) is 8.63. The molecule has 7 heteroatoms. The van der Waals surface area contributed by atoms with Crippen LogP contribution in [0.2, 0.25) is 0 Å². The normalized spacial score (nSPS) is 18.3. The van der Waals surface area contributed by atoms with Gasteiger partial charge >= 0.3 is 0 Å². The first-order valence-electron chi connectivity index (χ1n) is 10.4. The van der Waals surface area contributed by atoms with Gasteiger partial charge in [-0.15, -0.1) is 0 Å². The van der Waals surface area contributed by atoms with E-state index in [2.05, 4.69) is 51.5 Å². The Morgan fingerprint density at radius 2 is 2.03 bits per heavy atom. The highest BCUT2D eigenvalue weighted by Gasteiger charge is 2.48. The quantitative estimate of drug-likeness (QED) is 0.468. The second-order valence-corrected chi connectivity index (χ2v) is 8.63. The molecule has 0 spiro atoms. The van der Waals surface area contributed by atoms with Crippen molar-refractivity contribution in [3.8, 4) is 0 Å². The Labute approximate surface area is 170 Å². The van der Waals surface area contributed by atoms with Gasteiger partial charge in [0.15, 0.2) is 5.65 Å². The zero-order chi connectivity index (χ0) is 20.6. The third-order valence-corrected chi connectivity index (χ3v) is 6.87. The van der Waals surface area contributed by atoms with Crippen molar-refractivity contribution in [3.05, 3.63) is 51.9 Å². The number of fused-ring (bicyclic) bond motifs is 1. The van der Waals surface area contributed by atoms with Crippen LogP contribution in [0.25, 0.3) is 11.0 Å². The van der Waals surface area contributed by atoms with E-state index in [1.807, 2.05) is 25.1 Å². The number of H-pyrrole nitrogens is 2. The van der Waals surface area contributed by atoms with Crippen molar-refractivity contribution < 1.29 is 0 Å². The first-order chi connectivity index (χ1) is 13.9.